The van der Waals surface area contributed by atoms with Crippen molar-refractivity contribution < 1.29 is 14.0 Å². The summed E-state index contributed by atoms with van der Waals surface area (Å²) in [6, 6.07) is 10.1. The van der Waals surface area contributed by atoms with Gasteiger partial charge in [0.05, 0.1) is 6.54 Å². The van der Waals surface area contributed by atoms with E-state index in [2.05, 4.69) is 33.4 Å². The molecule has 0 radical (unpaired) electrons. The highest BCUT2D eigenvalue weighted by molar-refractivity contribution is 5.59. The Kier molecular flexibility index (Phi) is 7.20. The van der Waals surface area contributed by atoms with Crippen molar-refractivity contribution in [3.8, 4) is 23.2 Å². The van der Waals surface area contributed by atoms with Crippen LogP contribution in [-0.2, 0) is 16.0 Å². The number of imidazole rings is 1. The molecule has 1 fully saturated rings. The van der Waals surface area contributed by atoms with Gasteiger partial charge in [-0.05, 0) is 56.9 Å². The van der Waals surface area contributed by atoms with Crippen molar-refractivity contribution in [2.45, 2.75) is 51.5 Å². The molecule has 4 heterocycles. The van der Waals surface area contributed by atoms with Crippen LogP contribution >= 0.6 is 0 Å². The lowest BCUT2D eigenvalue weighted by Crippen LogP contribution is -2.24. The summed E-state index contributed by atoms with van der Waals surface area (Å²) in [5.74, 6) is 8.11. The minimum atomic E-state index is -0.168. The van der Waals surface area contributed by atoms with E-state index in [0.717, 1.165) is 73.8 Å². The number of aromatic nitrogens is 3. The minimum absolute atomic E-state index is 0.156. The van der Waals surface area contributed by atoms with Gasteiger partial charge >= 0.3 is 0 Å². The minimum Gasteiger partial charge on any atom is -0.356 e. The van der Waals surface area contributed by atoms with Gasteiger partial charge in [-0.1, -0.05) is 23.1 Å². The molecule has 1 unspecified atom stereocenters. The summed E-state index contributed by atoms with van der Waals surface area (Å²) in [5, 5.41) is 7.58. The molecule has 2 aromatic heterocycles. The number of benzene rings is 1. The molecular formula is C27H30N4O3. The molecule has 0 bridgehead atoms. The Hall–Kier alpha value is -3.18. The number of ether oxygens (including phenoxy) is 2. The van der Waals surface area contributed by atoms with Crippen LogP contribution < -0.4 is 5.32 Å². The first-order valence-corrected chi connectivity index (χ1v) is 12.0. The number of hydrogen-bond donors (Lipinski definition) is 1. The van der Waals surface area contributed by atoms with Gasteiger partial charge in [0.15, 0.2) is 12.1 Å². The predicted molar refractivity (Wildman–Crippen MR) is 129 cm³/mol. The molecule has 0 aliphatic carbocycles. The third kappa shape index (κ3) is 5.65. The molecule has 2 aliphatic heterocycles. The van der Waals surface area contributed by atoms with Gasteiger partial charge in [0, 0.05) is 54.9 Å². The zero-order valence-electron chi connectivity index (χ0n) is 19.5. The maximum atomic E-state index is 6.09. The fourth-order valence-corrected chi connectivity index (χ4v) is 4.22. The third-order valence-electron chi connectivity index (χ3n) is 6.10. The van der Waals surface area contributed by atoms with Gasteiger partial charge in [-0.25, -0.2) is 4.98 Å². The highest BCUT2D eigenvalue weighted by Crippen LogP contribution is 2.25. The molecule has 176 valence electrons. The van der Waals surface area contributed by atoms with E-state index in [9.17, 15) is 0 Å². The van der Waals surface area contributed by atoms with Gasteiger partial charge in [0.25, 0.3) is 0 Å². The molecule has 5 rings (SSSR count). The van der Waals surface area contributed by atoms with Crippen LogP contribution in [-0.4, -0.2) is 40.7 Å². The maximum absolute atomic E-state index is 6.09. The standard InChI is InChI=1S/C27H30N4O3/c1-20(33-26-4-2-3-17-32-26)27-29-15-16-31(27)19-24-18-25(34-30-24)23-9-7-21(8-10-23)5-6-22-11-13-28-14-12-22/h7-11,15-16,18,20,26,28H,2-4,12-14,17,19H2,1H3/t20-,26?/m0/s1. The summed E-state index contributed by atoms with van der Waals surface area (Å²) in [7, 11) is 0. The predicted octanol–water partition coefficient (Wildman–Crippen LogP) is 4.46. The summed E-state index contributed by atoms with van der Waals surface area (Å²) in [6.45, 7) is 5.23. The summed E-state index contributed by atoms with van der Waals surface area (Å²) in [6.07, 6.45) is 9.72. The van der Waals surface area contributed by atoms with Crippen molar-refractivity contribution in [1.82, 2.24) is 20.0 Å². The van der Waals surface area contributed by atoms with Crippen molar-refractivity contribution in [2.24, 2.45) is 0 Å². The fraction of sp³-hybridized carbons (Fsp3) is 0.407. The number of nitrogens with one attached hydrogen (secondary N) is 1. The average molecular weight is 459 g/mol. The Morgan fingerprint density at radius 2 is 2.15 bits per heavy atom. The molecule has 3 aromatic rings. The molecule has 1 aromatic carbocycles. The van der Waals surface area contributed by atoms with Gasteiger partial charge in [-0.3, -0.25) is 0 Å². The van der Waals surface area contributed by atoms with Crippen LogP contribution in [0.25, 0.3) is 11.3 Å². The van der Waals surface area contributed by atoms with E-state index >= 15 is 0 Å². The third-order valence-corrected chi connectivity index (χ3v) is 6.10. The van der Waals surface area contributed by atoms with Crippen molar-refractivity contribution >= 4 is 0 Å². The number of hydrogen-bond acceptors (Lipinski definition) is 6. The molecule has 0 spiro atoms. The normalized spacial score (nSPS) is 19.2. The first-order chi connectivity index (χ1) is 16.7. The molecule has 2 atom stereocenters. The van der Waals surface area contributed by atoms with Gasteiger partial charge in [-0.15, -0.1) is 0 Å². The second kappa shape index (κ2) is 10.8. The van der Waals surface area contributed by atoms with Crippen molar-refractivity contribution in [3.05, 3.63) is 71.5 Å². The van der Waals surface area contributed by atoms with Crippen LogP contribution in [0.15, 0.2) is 58.9 Å². The first-order valence-electron chi connectivity index (χ1n) is 12.0. The average Bonchev–Trinajstić information content (AvgIpc) is 3.55. The molecule has 7 heteroatoms. The quantitative estimate of drug-likeness (QED) is 0.550. The van der Waals surface area contributed by atoms with Crippen molar-refractivity contribution in [2.75, 3.05) is 19.7 Å². The molecule has 2 aliphatic rings. The second-order valence-electron chi connectivity index (χ2n) is 8.68. The molecule has 1 N–H and O–H groups in total. The number of rotatable bonds is 6. The number of nitrogens with zero attached hydrogens (tertiary/aromatic N) is 3. The molecule has 34 heavy (non-hydrogen) atoms. The summed E-state index contributed by atoms with van der Waals surface area (Å²) >= 11 is 0. The highest BCUT2D eigenvalue weighted by Gasteiger charge is 2.21. The smallest absolute Gasteiger partial charge is 0.167 e. The molecule has 0 amide bonds. The molecule has 0 saturated carbocycles. The van der Waals surface area contributed by atoms with Crippen LogP contribution in [0, 0.1) is 11.8 Å². The fourth-order valence-electron chi connectivity index (χ4n) is 4.22. The van der Waals surface area contributed by atoms with Crippen LogP contribution in [0.2, 0.25) is 0 Å². The zero-order chi connectivity index (χ0) is 23.2. The van der Waals surface area contributed by atoms with E-state index in [1.165, 1.54) is 5.57 Å². The Morgan fingerprint density at radius 1 is 1.24 bits per heavy atom. The Morgan fingerprint density at radius 3 is 2.94 bits per heavy atom. The van der Waals surface area contributed by atoms with Crippen LogP contribution in [0.4, 0.5) is 0 Å². The Bertz CT molecular complexity index is 1180. The lowest BCUT2D eigenvalue weighted by atomic mass is 10.1. The summed E-state index contributed by atoms with van der Waals surface area (Å²) in [5.41, 5.74) is 3.99. The second-order valence-corrected chi connectivity index (χ2v) is 8.68. The van der Waals surface area contributed by atoms with Gasteiger partial charge < -0.3 is 23.9 Å². The van der Waals surface area contributed by atoms with Gasteiger partial charge in [0.2, 0.25) is 0 Å². The molecule has 7 nitrogen and oxygen atoms in total. The van der Waals surface area contributed by atoms with Crippen LogP contribution in [0.5, 0.6) is 0 Å². The van der Waals surface area contributed by atoms with E-state index in [-0.39, 0.29) is 12.4 Å². The van der Waals surface area contributed by atoms with Crippen LogP contribution in [0.3, 0.4) is 0 Å². The lowest BCUT2D eigenvalue weighted by molar-refractivity contribution is -0.188. The first kappa shape index (κ1) is 22.6. The van der Waals surface area contributed by atoms with E-state index < -0.39 is 0 Å². The van der Waals surface area contributed by atoms with Crippen molar-refractivity contribution in [3.63, 3.8) is 0 Å². The topological polar surface area (TPSA) is 74.3 Å². The maximum Gasteiger partial charge on any atom is 0.167 e. The van der Waals surface area contributed by atoms with Crippen molar-refractivity contribution in [1.29, 1.82) is 0 Å². The van der Waals surface area contributed by atoms with E-state index in [1.54, 1.807) is 6.20 Å². The van der Waals surface area contributed by atoms with E-state index in [4.69, 9.17) is 14.0 Å². The van der Waals surface area contributed by atoms with Gasteiger partial charge in [-0.2, -0.15) is 0 Å². The Balaban J connectivity index is 1.22. The van der Waals surface area contributed by atoms with E-state index in [0.29, 0.717) is 6.54 Å². The molecule has 1 saturated heterocycles. The summed E-state index contributed by atoms with van der Waals surface area (Å²) in [4.78, 5) is 4.51. The summed E-state index contributed by atoms with van der Waals surface area (Å²) < 4.78 is 19.5. The lowest BCUT2D eigenvalue weighted by Gasteiger charge is -2.26. The zero-order valence-corrected chi connectivity index (χ0v) is 19.5. The molecular weight excluding hydrogens is 428 g/mol. The van der Waals surface area contributed by atoms with E-state index in [1.807, 2.05) is 48.0 Å². The van der Waals surface area contributed by atoms with Crippen LogP contribution in [0.1, 0.15) is 55.8 Å². The Labute approximate surface area is 200 Å². The van der Waals surface area contributed by atoms with Gasteiger partial charge in [0.1, 0.15) is 17.6 Å². The highest BCUT2D eigenvalue weighted by atomic mass is 16.7. The largest absolute Gasteiger partial charge is 0.356 e. The monoisotopic (exact) mass is 458 g/mol. The SMILES string of the molecule is C[C@H](OC1CCCCO1)c1nccn1Cc1cc(-c2ccc(C#CC3=CCNCC3)cc2)on1.